The Hall–Kier alpha value is -7.92. The number of rotatable bonds is 26. The van der Waals surface area contributed by atoms with Gasteiger partial charge in [0.1, 0.15) is 24.7 Å². The van der Waals surface area contributed by atoms with E-state index in [1.54, 1.807) is 24.3 Å². The summed E-state index contributed by atoms with van der Waals surface area (Å²) in [7, 11) is 0. The number of nitrogens with zero attached hydrogens (tertiary/aromatic N) is 8. The number of benzene rings is 6. The molecule has 2 aliphatic rings. The number of likely N-dealkylation sites (N-methyl/N-ethyl adjacent to an activating group) is 2. The van der Waals surface area contributed by atoms with Gasteiger partial charge in [-0.15, -0.1) is 0 Å². The Morgan fingerprint density at radius 2 is 1.15 bits per heavy atom. The zero-order chi connectivity index (χ0) is 97.3. The zero-order valence-corrected chi connectivity index (χ0v) is 53.5. The highest BCUT2D eigenvalue weighted by molar-refractivity contribution is 7.98. The topological polar surface area (TPSA) is 117 Å². The van der Waals surface area contributed by atoms with E-state index in [1.807, 2.05) is 0 Å². The summed E-state index contributed by atoms with van der Waals surface area (Å²) in [5.41, 5.74) is -16.7. The van der Waals surface area contributed by atoms with Gasteiger partial charge in [-0.1, -0.05) is 148 Å². The highest BCUT2D eigenvalue weighted by Gasteiger charge is 2.34. The lowest BCUT2D eigenvalue weighted by atomic mass is 9.98. The maximum atomic E-state index is 15.1. The van der Waals surface area contributed by atoms with E-state index < -0.39 is 264 Å². The molecule has 2 aromatic heterocycles. The average molecular weight is 1390 g/mol. The maximum absolute atomic E-state index is 15.1. The summed E-state index contributed by atoms with van der Waals surface area (Å²) in [6.45, 7) is -12.5. The van der Waals surface area contributed by atoms with Gasteiger partial charge in [-0.2, -0.15) is 36.3 Å². The minimum absolute atomic E-state index is 0.00137. The van der Waals surface area contributed by atoms with E-state index in [4.69, 9.17) is 39.8 Å². The van der Waals surface area contributed by atoms with Crippen molar-refractivity contribution in [2.24, 2.45) is 0 Å². The van der Waals surface area contributed by atoms with Gasteiger partial charge in [-0.05, 0) is 171 Å². The zero-order valence-electron chi connectivity index (χ0n) is 83.8. The Kier molecular flexibility index (Phi) is 13.9. The second-order valence-corrected chi connectivity index (χ2v) is 22.2. The number of aromatic nitrogens is 4. The predicted molar refractivity (Wildman–Crippen MR) is 363 cm³/mol. The molecule has 2 aliphatic carbocycles. The minimum Gasteiger partial charge on any atom is -0.336 e. The summed E-state index contributed by atoms with van der Waals surface area (Å²) in [6, 6.07) is -1.35. The van der Waals surface area contributed by atoms with Crippen LogP contribution in [0, 0.1) is 18.6 Å². The molecule has 0 radical (unpaired) electrons. The molecule has 96 heavy (non-hydrogen) atoms. The largest absolute Gasteiger partial charge is 0.416 e. The predicted octanol–water partition coefficient (Wildman–Crippen LogP) is 15.3. The van der Waals surface area contributed by atoms with Crippen LogP contribution in [0.2, 0.25) is 0 Å². The second kappa shape index (κ2) is 32.9. The van der Waals surface area contributed by atoms with Crippen molar-refractivity contribution in [1.82, 2.24) is 38.7 Å². The van der Waals surface area contributed by atoms with Gasteiger partial charge in [0.25, 0.3) is 11.1 Å². The fourth-order valence-electron chi connectivity index (χ4n) is 9.73. The summed E-state index contributed by atoms with van der Waals surface area (Å²) in [4.78, 5) is 66.7. The van der Waals surface area contributed by atoms with Gasteiger partial charge in [-0.25, -0.2) is 8.78 Å². The summed E-state index contributed by atoms with van der Waals surface area (Å²) in [5.74, 6) is -4.78. The van der Waals surface area contributed by atoms with Gasteiger partial charge in [0.05, 0.1) is 36.3 Å². The van der Waals surface area contributed by atoms with Crippen molar-refractivity contribution in [3.63, 3.8) is 0 Å². The van der Waals surface area contributed by atoms with Crippen LogP contribution in [-0.4, -0.2) is 103 Å². The monoisotopic (exact) mass is 1390 g/mol. The van der Waals surface area contributed by atoms with Crippen LogP contribution < -0.4 is 11.1 Å². The van der Waals surface area contributed by atoms with Gasteiger partial charge < -0.3 is 28.7 Å². The number of carbonyl (C=O) groups is 2. The van der Waals surface area contributed by atoms with Crippen LogP contribution in [0.25, 0.3) is 22.3 Å². The Bertz CT molecular complexity index is 5680. The first-order chi connectivity index (χ1) is 58.1. The highest BCUT2D eigenvalue weighted by Crippen LogP contribution is 2.36. The van der Waals surface area contributed by atoms with Crippen LogP contribution in [0.3, 0.4) is 0 Å². The molecule has 8 aromatic rings. The van der Waals surface area contributed by atoms with Crippen molar-refractivity contribution < 1.29 is 88.6 Å². The van der Waals surface area contributed by atoms with Gasteiger partial charge in [-0.3, -0.25) is 19.2 Å². The fourth-order valence-corrected chi connectivity index (χ4v) is 11.2. The standard InChI is InChI=1S/2C37H40F4N4O2S/c1-4-43(5-2)21-22-44(25(3)27-11-13-28(14-12-27)29-15-17-30(18-16-29)37(39,40)41)34(46)23-45-33-8-6-7-32(33)35(47)42-36(45)48-24-26-9-19-31(38)20-10-26;1-4-43(5-2)19-20-44(22-26-9-13-28(14-10-26)29-15-18-32(25(3)21-29)37(39,40)41)34(46)23-45-33-8-6-7-31(33)35(47)42-36(45)48-24-27-11-16-30(38)17-12-27/h9-20,25H,4-8,21-24H2,1-3H3;9-18,21H,4-8,19-20,22-24H2,1-3H3/i4D2,5D2,24D2,25D;4D2,5D2,6D2,7D2,8D2,9D,10D,11D,12D,13D,14D,15D,16D,17D,18D,21D,22D2,24D2. The van der Waals surface area contributed by atoms with Crippen molar-refractivity contribution in [3.8, 4) is 22.3 Å². The Morgan fingerprint density at radius 1 is 0.604 bits per heavy atom. The van der Waals surface area contributed by atoms with Crippen molar-refractivity contribution in [3.05, 3.63) is 233 Å². The van der Waals surface area contributed by atoms with Gasteiger partial charge >= 0.3 is 12.4 Å². The average Bonchev–Trinajstić information content (AvgIpc) is 1.52. The summed E-state index contributed by atoms with van der Waals surface area (Å²) in [5, 5.41) is -1.35. The van der Waals surface area contributed by atoms with E-state index in [9.17, 15) is 53.6 Å². The summed E-state index contributed by atoms with van der Waals surface area (Å²) < 4.78 is 385. The third kappa shape index (κ3) is 18.6. The first-order valence-corrected chi connectivity index (χ1v) is 30.6. The molecule has 1 atom stereocenters. The van der Waals surface area contributed by atoms with Crippen LogP contribution in [0.1, 0.15) is 159 Å². The molecule has 22 heteroatoms. The fraction of sp³-hybridized carbons (Fsp3) is 0.378. The summed E-state index contributed by atoms with van der Waals surface area (Å²) in [6.07, 6.45) is -19.6. The third-order valence-electron chi connectivity index (χ3n) is 14.7. The molecular formula is C74H80F8N8O4S2. The molecule has 12 nitrogen and oxygen atoms in total. The van der Waals surface area contributed by atoms with Crippen molar-refractivity contribution >= 4 is 35.3 Å². The van der Waals surface area contributed by atoms with E-state index in [-0.39, 0.29) is 50.6 Å². The normalized spacial score (nSPS) is 21.0. The SMILES string of the molecule is [2H]C([2H])(Sc1nc(=O)c2c(n1CC(=O)N(CCN(C([2H])([2H])C)C([2H])([2H])C)C([2H])(C)c1ccc(-c3ccc(C(F)(F)F)cc3)cc1)CCC2)c1ccc(F)cc1.[2H]c1c([2H])c(C([2H])([2H])Sc2nc(=O)c3c(n2CC(=O)N(CCN(C([2H])([2H])C)C([2H])([2H])C)C([2H])([2H])c2c([2H])c([2H])c(-c4c([2H])c([2H])c(C(F)(F)F)c(C)c4[2H])c([2H])c2[2H])C([2H])([2H])C([2H])([2H])C3([2H])[2H])c([2H])c([2H])c1F. The molecule has 0 aliphatic heterocycles. The van der Waals surface area contributed by atoms with E-state index in [0.717, 1.165) is 54.8 Å². The Morgan fingerprint density at radius 3 is 1.74 bits per heavy atom. The van der Waals surface area contributed by atoms with Gasteiger partial charge in [0.2, 0.25) is 11.8 Å². The molecule has 2 heterocycles. The van der Waals surface area contributed by atoms with Gasteiger partial charge in [0, 0.05) is 91.3 Å². The molecule has 0 fully saturated rings. The molecule has 0 saturated heterocycles. The summed E-state index contributed by atoms with van der Waals surface area (Å²) >= 11 is 0.183. The second-order valence-electron chi connectivity index (χ2n) is 20.7. The number of carbonyl (C=O) groups excluding carboxylic acids is 2. The van der Waals surface area contributed by atoms with Crippen LogP contribution >= 0.6 is 23.5 Å². The number of amides is 2. The molecule has 6 aromatic carbocycles. The van der Waals surface area contributed by atoms with E-state index in [0.29, 0.717) is 58.3 Å². The minimum atomic E-state index is -5.28. The van der Waals surface area contributed by atoms with Crippen LogP contribution in [0.15, 0.2) is 159 Å². The number of hydrogen-bond donors (Lipinski definition) is 0. The molecule has 0 spiro atoms. The quantitative estimate of drug-likeness (QED) is 0.0295. The molecule has 2 amide bonds. The first-order valence-electron chi connectivity index (χ1n) is 45.0. The highest BCUT2D eigenvalue weighted by atomic mass is 32.2. The lowest BCUT2D eigenvalue weighted by Crippen LogP contribution is -2.42. The molecule has 0 saturated carbocycles. The van der Waals surface area contributed by atoms with Crippen molar-refractivity contribution in [2.75, 3.05) is 52.2 Å². The maximum Gasteiger partial charge on any atom is 0.416 e. The number of halogens is 8. The lowest BCUT2D eigenvalue weighted by Gasteiger charge is -2.33. The molecule has 10 rings (SSSR count). The Labute approximate surface area is 608 Å². The number of hydrogen-bond acceptors (Lipinski definition) is 10. The van der Waals surface area contributed by atoms with Crippen LogP contribution in [0.5, 0.6) is 0 Å². The van der Waals surface area contributed by atoms with Crippen LogP contribution in [0.4, 0.5) is 35.1 Å². The lowest BCUT2D eigenvalue weighted by molar-refractivity contribution is -0.138. The first kappa shape index (κ1) is 40.7. The van der Waals surface area contributed by atoms with E-state index in [2.05, 4.69) is 9.97 Å². The number of thioether (sulfide) groups is 2. The molecule has 0 N–H and O–H groups in total. The van der Waals surface area contributed by atoms with Gasteiger partial charge in [0.15, 0.2) is 10.3 Å². The molecule has 1 unspecified atom stereocenters. The number of alkyl halides is 6. The van der Waals surface area contributed by atoms with E-state index >= 15 is 4.79 Å². The Balaban J connectivity index is 0.000000300. The van der Waals surface area contributed by atoms with E-state index in [1.165, 1.54) is 49.6 Å². The van der Waals surface area contributed by atoms with Crippen molar-refractivity contribution in [2.45, 2.75) is 140 Å². The number of fused-ring (bicyclic) bond motifs is 2. The molecule has 508 valence electrons. The smallest absolute Gasteiger partial charge is 0.336 e. The third-order valence-corrected chi connectivity index (χ3v) is 16.3. The molecule has 0 bridgehead atoms. The van der Waals surface area contributed by atoms with Crippen molar-refractivity contribution in [1.29, 1.82) is 0 Å². The van der Waals surface area contributed by atoms with Crippen LogP contribution in [-0.2, 0) is 78.5 Å². The molecular weight excluding hydrogens is 1280 g/mol.